The summed E-state index contributed by atoms with van der Waals surface area (Å²) in [7, 11) is 0. The lowest BCUT2D eigenvalue weighted by atomic mass is 9.95. The summed E-state index contributed by atoms with van der Waals surface area (Å²) in [6.45, 7) is 4.25. The Balaban J connectivity index is 1.61. The number of carbonyl (C=O) groups is 1. The number of rotatable bonds is 5. The Labute approximate surface area is 154 Å². The van der Waals surface area contributed by atoms with E-state index in [4.69, 9.17) is 0 Å². The molecule has 5 heteroatoms. The number of aromatic nitrogens is 1. The van der Waals surface area contributed by atoms with Crippen molar-refractivity contribution >= 4 is 12.1 Å². The molecular formula is C21H26FN3O. The van der Waals surface area contributed by atoms with E-state index in [0.29, 0.717) is 6.04 Å². The number of carbonyl (C=O) groups excluding carboxylic acids is 1. The molecule has 1 aromatic heterocycles. The van der Waals surface area contributed by atoms with Crippen LogP contribution in [0.15, 0.2) is 35.4 Å². The van der Waals surface area contributed by atoms with Crippen molar-refractivity contribution in [3.8, 4) is 0 Å². The van der Waals surface area contributed by atoms with Crippen LogP contribution in [-0.2, 0) is 11.2 Å². The minimum Gasteiger partial charge on any atom is -0.345 e. The van der Waals surface area contributed by atoms with Gasteiger partial charge in [0.1, 0.15) is 5.82 Å². The van der Waals surface area contributed by atoms with Crippen LogP contribution in [0.1, 0.15) is 60.7 Å². The Morgan fingerprint density at radius 2 is 1.92 bits per heavy atom. The summed E-state index contributed by atoms with van der Waals surface area (Å²) < 4.78 is 15.3. The van der Waals surface area contributed by atoms with Gasteiger partial charge in [-0.15, -0.1) is 0 Å². The maximum Gasteiger partial charge on any atom is 0.244 e. The van der Waals surface area contributed by atoms with E-state index >= 15 is 0 Å². The fourth-order valence-electron chi connectivity index (χ4n) is 3.84. The van der Waals surface area contributed by atoms with Crippen molar-refractivity contribution < 1.29 is 9.18 Å². The van der Waals surface area contributed by atoms with E-state index in [-0.39, 0.29) is 18.1 Å². The molecule has 0 saturated heterocycles. The summed E-state index contributed by atoms with van der Waals surface area (Å²) in [5.74, 6) is -0.519. The van der Waals surface area contributed by atoms with Gasteiger partial charge >= 0.3 is 0 Å². The van der Waals surface area contributed by atoms with Crippen molar-refractivity contribution in [2.45, 2.75) is 58.4 Å². The first-order valence-corrected chi connectivity index (χ1v) is 9.29. The van der Waals surface area contributed by atoms with Gasteiger partial charge in [0.05, 0.1) is 12.6 Å². The molecule has 1 fully saturated rings. The molecule has 26 heavy (non-hydrogen) atoms. The fourth-order valence-corrected chi connectivity index (χ4v) is 3.84. The van der Waals surface area contributed by atoms with Gasteiger partial charge in [-0.3, -0.25) is 4.79 Å². The summed E-state index contributed by atoms with van der Waals surface area (Å²) in [6, 6.07) is 8.63. The van der Waals surface area contributed by atoms with E-state index < -0.39 is 0 Å². The lowest BCUT2D eigenvalue weighted by Gasteiger charge is -2.26. The molecule has 0 bridgehead atoms. The first-order valence-electron chi connectivity index (χ1n) is 9.29. The number of amides is 1. The molecule has 1 N–H and O–H groups in total. The van der Waals surface area contributed by atoms with Gasteiger partial charge < -0.3 is 4.57 Å². The van der Waals surface area contributed by atoms with Gasteiger partial charge in [0, 0.05) is 23.0 Å². The van der Waals surface area contributed by atoms with Crippen molar-refractivity contribution in [1.82, 2.24) is 9.99 Å². The molecule has 1 aliphatic carbocycles. The zero-order valence-corrected chi connectivity index (χ0v) is 15.5. The SMILES string of the molecule is Cc1cc(/C=N\NC(=O)Cc2ccc(F)cc2)c(C)n1C1CCCCC1. The van der Waals surface area contributed by atoms with Gasteiger partial charge in [-0.2, -0.15) is 5.10 Å². The highest BCUT2D eigenvalue weighted by atomic mass is 19.1. The summed E-state index contributed by atoms with van der Waals surface area (Å²) in [5, 5.41) is 4.10. The van der Waals surface area contributed by atoms with Gasteiger partial charge in [0.15, 0.2) is 0 Å². The standard InChI is InChI=1S/C21H26FN3O/c1-15-12-18(16(2)25(15)20-6-4-3-5-7-20)14-23-24-21(26)13-17-8-10-19(22)11-9-17/h8-12,14,20H,3-7,13H2,1-2H3,(H,24,26)/b23-14-. The van der Waals surface area contributed by atoms with Crippen LogP contribution in [-0.4, -0.2) is 16.7 Å². The Morgan fingerprint density at radius 3 is 2.62 bits per heavy atom. The largest absolute Gasteiger partial charge is 0.345 e. The van der Waals surface area contributed by atoms with E-state index in [2.05, 4.69) is 35.0 Å². The number of halogens is 1. The molecule has 1 heterocycles. The molecule has 1 aliphatic rings. The highest BCUT2D eigenvalue weighted by Crippen LogP contribution is 2.31. The molecule has 1 saturated carbocycles. The van der Waals surface area contributed by atoms with Gasteiger partial charge in [-0.1, -0.05) is 31.4 Å². The molecular weight excluding hydrogens is 329 g/mol. The Kier molecular flexibility index (Phi) is 5.86. The van der Waals surface area contributed by atoms with Crippen LogP contribution in [0.5, 0.6) is 0 Å². The van der Waals surface area contributed by atoms with Crippen LogP contribution < -0.4 is 5.43 Å². The third-order valence-electron chi connectivity index (χ3n) is 5.13. The van der Waals surface area contributed by atoms with E-state index in [0.717, 1.165) is 11.1 Å². The van der Waals surface area contributed by atoms with E-state index in [1.54, 1.807) is 18.3 Å². The van der Waals surface area contributed by atoms with Crippen LogP contribution in [0.25, 0.3) is 0 Å². The molecule has 0 radical (unpaired) electrons. The monoisotopic (exact) mass is 355 g/mol. The predicted molar refractivity (Wildman–Crippen MR) is 102 cm³/mol. The number of hydrogen-bond donors (Lipinski definition) is 1. The van der Waals surface area contributed by atoms with Crippen LogP contribution in [0.3, 0.4) is 0 Å². The normalized spacial score (nSPS) is 15.5. The van der Waals surface area contributed by atoms with Gasteiger partial charge in [0.25, 0.3) is 0 Å². The molecule has 0 aliphatic heterocycles. The second-order valence-corrected chi connectivity index (χ2v) is 7.08. The zero-order chi connectivity index (χ0) is 18.5. The van der Waals surface area contributed by atoms with Crippen molar-refractivity contribution in [3.05, 3.63) is 58.7 Å². The number of nitrogens with one attached hydrogen (secondary N) is 1. The molecule has 3 rings (SSSR count). The van der Waals surface area contributed by atoms with Gasteiger partial charge in [-0.05, 0) is 50.5 Å². The summed E-state index contributed by atoms with van der Waals surface area (Å²) in [4.78, 5) is 12.0. The molecule has 1 aromatic carbocycles. The van der Waals surface area contributed by atoms with E-state index in [1.165, 1.54) is 55.6 Å². The Bertz CT molecular complexity index is 786. The second-order valence-electron chi connectivity index (χ2n) is 7.08. The van der Waals surface area contributed by atoms with E-state index in [1.807, 2.05) is 0 Å². The molecule has 0 spiro atoms. The van der Waals surface area contributed by atoms with Crippen molar-refractivity contribution in [1.29, 1.82) is 0 Å². The average Bonchev–Trinajstić information content (AvgIpc) is 2.91. The third kappa shape index (κ3) is 4.40. The van der Waals surface area contributed by atoms with Crippen molar-refractivity contribution in [2.75, 3.05) is 0 Å². The predicted octanol–water partition coefficient (Wildman–Crippen LogP) is 4.44. The van der Waals surface area contributed by atoms with E-state index in [9.17, 15) is 9.18 Å². The summed E-state index contributed by atoms with van der Waals surface area (Å²) in [6.07, 6.45) is 8.30. The summed E-state index contributed by atoms with van der Waals surface area (Å²) >= 11 is 0. The molecule has 138 valence electrons. The van der Waals surface area contributed by atoms with Crippen molar-refractivity contribution in [2.24, 2.45) is 5.10 Å². The minimum absolute atomic E-state index is 0.179. The van der Waals surface area contributed by atoms with Gasteiger partial charge in [-0.25, -0.2) is 9.82 Å². The first-order chi connectivity index (χ1) is 12.5. The van der Waals surface area contributed by atoms with Crippen molar-refractivity contribution in [3.63, 3.8) is 0 Å². The molecule has 4 nitrogen and oxygen atoms in total. The highest BCUT2D eigenvalue weighted by Gasteiger charge is 2.19. The average molecular weight is 355 g/mol. The summed E-state index contributed by atoms with van der Waals surface area (Å²) in [5.41, 5.74) is 6.80. The van der Waals surface area contributed by atoms with Crippen LogP contribution in [0, 0.1) is 19.7 Å². The van der Waals surface area contributed by atoms with Crippen LogP contribution >= 0.6 is 0 Å². The second kappa shape index (κ2) is 8.30. The van der Waals surface area contributed by atoms with Crippen LogP contribution in [0.4, 0.5) is 4.39 Å². The maximum atomic E-state index is 12.9. The molecule has 1 amide bonds. The van der Waals surface area contributed by atoms with Crippen LogP contribution in [0.2, 0.25) is 0 Å². The lowest BCUT2D eigenvalue weighted by molar-refractivity contribution is -0.120. The Hall–Kier alpha value is -2.43. The first kappa shape index (κ1) is 18.4. The molecule has 2 aromatic rings. The Morgan fingerprint density at radius 1 is 1.23 bits per heavy atom. The topological polar surface area (TPSA) is 46.4 Å². The number of nitrogens with zero attached hydrogens (tertiary/aromatic N) is 2. The zero-order valence-electron chi connectivity index (χ0n) is 15.5. The quantitative estimate of drug-likeness (QED) is 0.625. The number of hydrogen-bond acceptors (Lipinski definition) is 2. The number of benzene rings is 1. The highest BCUT2D eigenvalue weighted by molar-refractivity contribution is 5.84. The number of hydrazone groups is 1. The fraction of sp³-hybridized carbons (Fsp3) is 0.429. The minimum atomic E-state index is -0.305. The third-order valence-corrected chi connectivity index (χ3v) is 5.13. The number of aryl methyl sites for hydroxylation is 1. The van der Waals surface area contributed by atoms with Gasteiger partial charge in [0.2, 0.25) is 5.91 Å². The molecule has 0 atom stereocenters. The molecule has 0 unspecified atom stereocenters. The lowest BCUT2D eigenvalue weighted by Crippen LogP contribution is -2.19. The maximum absolute atomic E-state index is 12.9. The smallest absolute Gasteiger partial charge is 0.244 e.